The predicted octanol–water partition coefficient (Wildman–Crippen LogP) is 4.32. The number of hydrazone groups is 1. The van der Waals surface area contributed by atoms with Gasteiger partial charge in [-0.15, -0.1) is 0 Å². The number of fused-ring (bicyclic) bond motifs is 1. The average molecular weight is 429 g/mol. The number of rotatable bonds is 6. The van der Waals surface area contributed by atoms with Gasteiger partial charge in [-0.3, -0.25) is 14.9 Å². The molecule has 9 heteroatoms. The SMILES string of the molecule is O=C(Oc1ccc([N+](=O)[O-])cc1/C=N/NC(=O)c1cccc2ccccc12)c1ccco1. The smallest absolute Gasteiger partial charge is 0.379 e. The van der Waals surface area contributed by atoms with Crippen molar-refractivity contribution in [1.82, 2.24) is 5.43 Å². The summed E-state index contributed by atoms with van der Waals surface area (Å²) in [5, 5.41) is 16.7. The number of benzene rings is 3. The third-order valence-electron chi connectivity index (χ3n) is 4.53. The molecule has 0 saturated heterocycles. The Kier molecular flexibility index (Phi) is 5.71. The molecular weight excluding hydrogens is 414 g/mol. The maximum atomic E-state index is 12.6. The molecule has 1 N–H and O–H groups in total. The number of hydrogen-bond donors (Lipinski definition) is 1. The number of nitrogens with zero attached hydrogens (tertiary/aromatic N) is 2. The first-order valence-electron chi connectivity index (χ1n) is 9.38. The van der Waals surface area contributed by atoms with Crippen molar-refractivity contribution in [3.05, 3.63) is 106 Å². The summed E-state index contributed by atoms with van der Waals surface area (Å²) in [5.41, 5.74) is 2.71. The van der Waals surface area contributed by atoms with Gasteiger partial charge in [0.25, 0.3) is 11.6 Å². The Bertz CT molecular complexity index is 1340. The second-order valence-corrected chi connectivity index (χ2v) is 6.57. The summed E-state index contributed by atoms with van der Waals surface area (Å²) in [4.78, 5) is 35.3. The van der Waals surface area contributed by atoms with E-state index in [0.717, 1.165) is 10.8 Å². The minimum absolute atomic E-state index is 0.0140. The number of amides is 1. The molecule has 9 nitrogen and oxygen atoms in total. The summed E-state index contributed by atoms with van der Waals surface area (Å²) in [6.07, 6.45) is 2.48. The molecule has 0 aliphatic heterocycles. The van der Waals surface area contributed by atoms with Crippen LogP contribution in [0.5, 0.6) is 5.75 Å². The van der Waals surface area contributed by atoms with Gasteiger partial charge >= 0.3 is 5.97 Å². The summed E-state index contributed by atoms with van der Waals surface area (Å²) in [7, 11) is 0. The quantitative estimate of drug-likeness (QED) is 0.160. The summed E-state index contributed by atoms with van der Waals surface area (Å²) in [6.45, 7) is 0. The van der Waals surface area contributed by atoms with Crippen molar-refractivity contribution in [3.63, 3.8) is 0 Å². The fraction of sp³-hybridized carbons (Fsp3) is 0. The van der Waals surface area contributed by atoms with E-state index < -0.39 is 16.8 Å². The van der Waals surface area contributed by atoms with Crippen molar-refractivity contribution >= 4 is 34.6 Å². The topological polar surface area (TPSA) is 124 Å². The molecule has 1 aromatic heterocycles. The zero-order valence-corrected chi connectivity index (χ0v) is 16.4. The molecule has 158 valence electrons. The van der Waals surface area contributed by atoms with Crippen LogP contribution in [0.15, 0.2) is 88.6 Å². The van der Waals surface area contributed by atoms with Gasteiger partial charge in [0, 0.05) is 23.3 Å². The lowest BCUT2D eigenvalue weighted by Gasteiger charge is -2.07. The number of esters is 1. The molecule has 32 heavy (non-hydrogen) atoms. The van der Waals surface area contributed by atoms with Gasteiger partial charge in [-0.1, -0.05) is 36.4 Å². The Balaban J connectivity index is 1.57. The fourth-order valence-electron chi connectivity index (χ4n) is 3.03. The third kappa shape index (κ3) is 4.36. The Hall–Kier alpha value is -4.79. The second-order valence-electron chi connectivity index (χ2n) is 6.57. The molecule has 4 rings (SSSR count). The first-order valence-corrected chi connectivity index (χ1v) is 9.38. The molecule has 0 unspecified atom stereocenters. The summed E-state index contributed by atoms with van der Waals surface area (Å²) in [6, 6.07) is 19.3. The molecule has 3 aromatic carbocycles. The standard InChI is InChI=1S/C23H15N3O6/c27-22(19-8-3-6-15-5-1-2-7-18(15)19)25-24-14-16-13-17(26(29)30)10-11-20(16)32-23(28)21-9-4-12-31-21/h1-14H,(H,25,27)/b24-14+. The lowest BCUT2D eigenvalue weighted by atomic mass is 10.0. The monoisotopic (exact) mass is 429 g/mol. The number of nitro benzene ring substituents is 1. The molecular formula is C23H15N3O6. The van der Waals surface area contributed by atoms with Crippen molar-refractivity contribution in [2.45, 2.75) is 0 Å². The van der Waals surface area contributed by atoms with Gasteiger partial charge in [0.1, 0.15) is 5.75 Å². The number of nitrogens with one attached hydrogen (secondary N) is 1. The van der Waals surface area contributed by atoms with E-state index in [4.69, 9.17) is 9.15 Å². The minimum atomic E-state index is -0.779. The molecule has 1 amide bonds. The zero-order valence-electron chi connectivity index (χ0n) is 16.4. The Morgan fingerprint density at radius 1 is 1.03 bits per heavy atom. The number of nitro groups is 1. The van der Waals surface area contributed by atoms with Crippen molar-refractivity contribution in [2.75, 3.05) is 0 Å². The Morgan fingerprint density at radius 3 is 2.62 bits per heavy atom. The zero-order chi connectivity index (χ0) is 22.5. The third-order valence-corrected chi connectivity index (χ3v) is 4.53. The maximum absolute atomic E-state index is 12.6. The van der Waals surface area contributed by atoms with E-state index in [1.54, 1.807) is 12.1 Å². The van der Waals surface area contributed by atoms with Crippen molar-refractivity contribution < 1.29 is 23.7 Å². The molecule has 0 saturated carbocycles. The molecule has 0 aliphatic rings. The van der Waals surface area contributed by atoms with Crippen LogP contribution < -0.4 is 10.2 Å². The van der Waals surface area contributed by atoms with Gasteiger partial charge in [-0.2, -0.15) is 5.10 Å². The van der Waals surface area contributed by atoms with E-state index >= 15 is 0 Å². The highest BCUT2D eigenvalue weighted by Gasteiger charge is 2.17. The molecule has 0 fully saturated rings. The van der Waals surface area contributed by atoms with Crippen molar-refractivity contribution in [1.29, 1.82) is 0 Å². The van der Waals surface area contributed by atoms with Gasteiger partial charge in [-0.25, -0.2) is 10.2 Å². The number of furan rings is 1. The van der Waals surface area contributed by atoms with Gasteiger partial charge in [0.05, 0.1) is 17.4 Å². The van der Waals surface area contributed by atoms with Gasteiger partial charge < -0.3 is 9.15 Å². The van der Waals surface area contributed by atoms with Crippen LogP contribution in [-0.4, -0.2) is 23.0 Å². The highest BCUT2D eigenvalue weighted by atomic mass is 16.6. The highest BCUT2D eigenvalue weighted by molar-refractivity contribution is 6.07. The van der Waals surface area contributed by atoms with Crippen LogP contribution in [0.3, 0.4) is 0 Å². The van der Waals surface area contributed by atoms with E-state index in [0.29, 0.717) is 5.56 Å². The Labute approximate surface area is 181 Å². The van der Waals surface area contributed by atoms with E-state index in [1.165, 1.54) is 42.8 Å². The van der Waals surface area contributed by atoms with E-state index in [1.807, 2.05) is 30.3 Å². The maximum Gasteiger partial charge on any atom is 0.379 e. The number of ether oxygens (including phenoxy) is 1. The first-order chi connectivity index (χ1) is 15.5. The van der Waals surface area contributed by atoms with E-state index in [-0.39, 0.29) is 22.8 Å². The summed E-state index contributed by atoms with van der Waals surface area (Å²) < 4.78 is 10.3. The van der Waals surface area contributed by atoms with Gasteiger partial charge in [0.2, 0.25) is 5.76 Å². The minimum Gasteiger partial charge on any atom is -0.457 e. The summed E-state index contributed by atoms with van der Waals surface area (Å²) >= 11 is 0. The first kappa shape index (κ1) is 20.5. The number of hydrogen-bond acceptors (Lipinski definition) is 7. The number of carbonyl (C=O) groups excluding carboxylic acids is 2. The van der Waals surface area contributed by atoms with E-state index in [9.17, 15) is 19.7 Å². The van der Waals surface area contributed by atoms with Crippen LogP contribution in [0.1, 0.15) is 26.5 Å². The predicted molar refractivity (Wildman–Crippen MR) is 116 cm³/mol. The Morgan fingerprint density at radius 2 is 1.84 bits per heavy atom. The normalized spacial score (nSPS) is 10.9. The molecule has 0 radical (unpaired) electrons. The highest BCUT2D eigenvalue weighted by Crippen LogP contribution is 2.24. The van der Waals surface area contributed by atoms with E-state index in [2.05, 4.69) is 10.5 Å². The second kappa shape index (κ2) is 8.92. The van der Waals surface area contributed by atoms with Crippen LogP contribution >= 0.6 is 0 Å². The van der Waals surface area contributed by atoms with Crippen LogP contribution in [0.4, 0.5) is 5.69 Å². The number of non-ortho nitro benzene ring substituents is 1. The van der Waals surface area contributed by atoms with Crippen LogP contribution in [-0.2, 0) is 0 Å². The molecule has 0 spiro atoms. The lowest BCUT2D eigenvalue weighted by molar-refractivity contribution is -0.384. The van der Waals surface area contributed by atoms with Crippen molar-refractivity contribution in [3.8, 4) is 5.75 Å². The van der Waals surface area contributed by atoms with Gasteiger partial charge in [0.15, 0.2) is 0 Å². The number of carbonyl (C=O) groups is 2. The van der Waals surface area contributed by atoms with Gasteiger partial charge in [-0.05, 0) is 35.0 Å². The molecule has 0 atom stereocenters. The molecule has 0 aliphatic carbocycles. The molecule has 1 heterocycles. The van der Waals surface area contributed by atoms with Crippen LogP contribution in [0.25, 0.3) is 10.8 Å². The van der Waals surface area contributed by atoms with Crippen LogP contribution in [0.2, 0.25) is 0 Å². The van der Waals surface area contributed by atoms with Crippen LogP contribution in [0, 0.1) is 10.1 Å². The largest absolute Gasteiger partial charge is 0.457 e. The van der Waals surface area contributed by atoms with Crippen molar-refractivity contribution in [2.24, 2.45) is 5.10 Å². The summed E-state index contributed by atoms with van der Waals surface area (Å²) in [5.74, 6) is -1.26. The fourth-order valence-corrected chi connectivity index (χ4v) is 3.03. The average Bonchev–Trinajstić information content (AvgIpc) is 3.34. The molecule has 4 aromatic rings. The molecule has 0 bridgehead atoms. The lowest BCUT2D eigenvalue weighted by Crippen LogP contribution is -2.18.